The summed E-state index contributed by atoms with van der Waals surface area (Å²) < 4.78 is 0. The lowest BCUT2D eigenvalue weighted by Gasteiger charge is -2.10. The molecule has 4 heteroatoms. The van der Waals surface area contributed by atoms with E-state index >= 15 is 0 Å². The van der Waals surface area contributed by atoms with Gasteiger partial charge in [0.2, 0.25) is 0 Å². The molecule has 3 nitrogen and oxygen atoms in total. The Labute approximate surface area is 87.3 Å². The van der Waals surface area contributed by atoms with E-state index in [1.165, 1.54) is 11.8 Å². The summed E-state index contributed by atoms with van der Waals surface area (Å²) in [5, 5.41) is 8.30. The van der Waals surface area contributed by atoms with Crippen LogP contribution in [0.3, 0.4) is 0 Å². The normalized spacial score (nSPS) is 12.4. The third kappa shape index (κ3) is 2.42. The summed E-state index contributed by atoms with van der Waals surface area (Å²) >= 11 is 1.31. The van der Waals surface area contributed by atoms with Crippen molar-refractivity contribution in [3.8, 4) is 0 Å². The molecule has 0 aliphatic heterocycles. The number of thioether (sulfide) groups is 1. The van der Waals surface area contributed by atoms with Crippen molar-refractivity contribution in [3.63, 3.8) is 0 Å². The zero-order valence-corrected chi connectivity index (χ0v) is 8.97. The molecule has 0 amide bonds. The highest BCUT2D eigenvalue weighted by Gasteiger charge is 2.13. The van der Waals surface area contributed by atoms with E-state index in [1.54, 1.807) is 6.92 Å². The molecule has 0 spiro atoms. The number of aliphatic carboxylic acids is 1. The number of carbonyl (C=O) groups is 1. The van der Waals surface area contributed by atoms with Gasteiger partial charge in [0, 0.05) is 10.6 Å². The molecule has 1 atom stereocenters. The summed E-state index contributed by atoms with van der Waals surface area (Å²) in [6.07, 6.45) is 0. The standard InChI is InChI=1S/C10H13NO2S/c1-6-8(11)4-3-5-9(6)14-7(2)10(12)13/h3-5,7H,11H2,1-2H3,(H,12,13). The van der Waals surface area contributed by atoms with Gasteiger partial charge >= 0.3 is 5.97 Å². The van der Waals surface area contributed by atoms with Crippen LogP contribution in [0.2, 0.25) is 0 Å². The van der Waals surface area contributed by atoms with Crippen molar-refractivity contribution in [1.29, 1.82) is 0 Å². The highest BCUT2D eigenvalue weighted by molar-refractivity contribution is 8.00. The fourth-order valence-electron chi connectivity index (χ4n) is 1.000. The number of hydrogen-bond acceptors (Lipinski definition) is 3. The van der Waals surface area contributed by atoms with E-state index in [4.69, 9.17) is 10.8 Å². The molecule has 0 saturated carbocycles. The lowest BCUT2D eigenvalue weighted by Crippen LogP contribution is -2.11. The van der Waals surface area contributed by atoms with Crippen LogP contribution in [0.25, 0.3) is 0 Å². The molecule has 1 aromatic rings. The lowest BCUT2D eigenvalue weighted by molar-refractivity contribution is -0.136. The maximum Gasteiger partial charge on any atom is 0.316 e. The van der Waals surface area contributed by atoms with Crippen LogP contribution in [0.5, 0.6) is 0 Å². The Hall–Kier alpha value is -1.16. The van der Waals surface area contributed by atoms with Gasteiger partial charge in [0.1, 0.15) is 5.25 Å². The number of benzene rings is 1. The molecule has 3 N–H and O–H groups in total. The smallest absolute Gasteiger partial charge is 0.316 e. The van der Waals surface area contributed by atoms with Crippen LogP contribution in [0, 0.1) is 6.92 Å². The minimum absolute atomic E-state index is 0.449. The number of nitrogen functional groups attached to an aromatic ring is 1. The molecule has 14 heavy (non-hydrogen) atoms. The van der Waals surface area contributed by atoms with E-state index in [0.29, 0.717) is 5.69 Å². The number of carboxylic acids is 1. The first-order valence-corrected chi connectivity index (χ1v) is 5.15. The summed E-state index contributed by atoms with van der Waals surface area (Å²) in [5.41, 5.74) is 7.36. The maximum absolute atomic E-state index is 10.6. The van der Waals surface area contributed by atoms with Gasteiger partial charge in [-0.05, 0) is 31.5 Å². The SMILES string of the molecule is Cc1c(N)cccc1SC(C)C(=O)O. The molecule has 0 fully saturated rings. The van der Waals surface area contributed by atoms with Gasteiger partial charge in [0.15, 0.2) is 0 Å². The Morgan fingerprint density at radius 1 is 1.57 bits per heavy atom. The van der Waals surface area contributed by atoms with Crippen molar-refractivity contribution >= 4 is 23.4 Å². The Bertz CT molecular complexity index is 352. The zero-order valence-electron chi connectivity index (χ0n) is 8.15. The van der Waals surface area contributed by atoms with E-state index in [2.05, 4.69) is 0 Å². The summed E-state index contributed by atoms with van der Waals surface area (Å²) in [6.45, 7) is 3.56. The molecule has 0 aliphatic rings. The van der Waals surface area contributed by atoms with Crippen LogP contribution in [-0.4, -0.2) is 16.3 Å². The van der Waals surface area contributed by atoms with Crippen molar-refractivity contribution < 1.29 is 9.90 Å². The maximum atomic E-state index is 10.6. The Kier molecular flexibility index (Phi) is 3.41. The summed E-state index contributed by atoms with van der Waals surface area (Å²) in [4.78, 5) is 11.6. The average molecular weight is 211 g/mol. The molecule has 1 unspecified atom stereocenters. The Balaban J connectivity index is 2.87. The van der Waals surface area contributed by atoms with Gasteiger partial charge in [-0.25, -0.2) is 0 Å². The first-order chi connectivity index (χ1) is 6.52. The molecule has 0 saturated heterocycles. The van der Waals surface area contributed by atoms with E-state index in [0.717, 1.165) is 10.5 Å². The van der Waals surface area contributed by atoms with Gasteiger partial charge < -0.3 is 10.8 Å². The second-order valence-corrected chi connectivity index (χ2v) is 4.45. The van der Waals surface area contributed by atoms with Crippen LogP contribution in [-0.2, 0) is 4.79 Å². The summed E-state index contributed by atoms with van der Waals surface area (Å²) in [6, 6.07) is 5.53. The van der Waals surface area contributed by atoms with Crippen LogP contribution in [0.15, 0.2) is 23.1 Å². The largest absolute Gasteiger partial charge is 0.480 e. The first-order valence-electron chi connectivity index (χ1n) is 4.27. The van der Waals surface area contributed by atoms with Gasteiger partial charge in [-0.2, -0.15) is 0 Å². The van der Waals surface area contributed by atoms with Gasteiger partial charge in [0.05, 0.1) is 0 Å². The zero-order chi connectivity index (χ0) is 10.7. The summed E-state index contributed by atoms with van der Waals surface area (Å²) in [7, 11) is 0. The van der Waals surface area contributed by atoms with Crippen molar-refractivity contribution in [2.24, 2.45) is 0 Å². The third-order valence-electron chi connectivity index (χ3n) is 1.98. The van der Waals surface area contributed by atoms with Gasteiger partial charge in [-0.15, -0.1) is 11.8 Å². The molecule has 1 aromatic carbocycles. The van der Waals surface area contributed by atoms with Crippen molar-refractivity contribution in [2.75, 3.05) is 5.73 Å². The number of anilines is 1. The van der Waals surface area contributed by atoms with E-state index in [1.807, 2.05) is 25.1 Å². The minimum atomic E-state index is -0.808. The first kappa shape index (κ1) is 10.9. The molecular weight excluding hydrogens is 198 g/mol. The van der Waals surface area contributed by atoms with Crippen molar-refractivity contribution in [2.45, 2.75) is 24.0 Å². The fraction of sp³-hybridized carbons (Fsp3) is 0.300. The average Bonchev–Trinajstić information content (AvgIpc) is 2.12. The minimum Gasteiger partial charge on any atom is -0.480 e. The number of rotatable bonds is 3. The van der Waals surface area contributed by atoms with Crippen LogP contribution >= 0.6 is 11.8 Å². The third-order valence-corrected chi connectivity index (χ3v) is 3.23. The van der Waals surface area contributed by atoms with Crippen LogP contribution in [0.1, 0.15) is 12.5 Å². The lowest BCUT2D eigenvalue weighted by atomic mass is 10.2. The number of hydrogen-bond donors (Lipinski definition) is 2. The van der Waals surface area contributed by atoms with E-state index in [9.17, 15) is 4.79 Å². The molecule has 0 aliphatic carbocycles. The Morgan fingerprint density at radius 2 is 2.21 bits per heavy atom. The summed E-state index contributed by atoms with van der Waals surface area (Å²) in [5.74, 6) is -0.808. The van der Waals surface area contributed by atoms with Gasteiger partial charge in [0.25, 0.3) is 0 Å². The van der Waals surface area contributed by atoms with E-state index in [-0.39, 0.29) is 0 Å². The molecule has 0 heterocycles. The van der Waals surface area contributed by atoms with Gasteiger partial charge in [-0.1, -0.05) is 6.07 Å². The number of carboxylic acid groups (broad SMARTS) is 1. The predicted molar refractivity (Wildman–Crippen MR) is 58.5 cm³/mol. The van der Waals surface area contributed by atoms with Gasteiger partial charge in [-0.3, -0.25) is 4.79 Å². The fourth-order valence-corrected chi connectivity index (χ4v) is 1.93. The molecule has 0 radical (unpaired) electrons. The molecule has 1 rings (SSSR count). The van der Waals surface area contributed by atoms with Crippen molar-refractivity contribution in [1.82, 2.24) is 0 Å². The van der Waals surface area contributed by atoms with Crippen molar-refractivity contribution in [3.05, 3.63) is 23.8 Å². The topological polar surface area (TPSA) is 63.3 Å². The monoisotopic (exact) mass is 211 g/mol. The molecular formula is C10H13NO2S. The number of nitrogens with two attached hydrogens (primary N) is 1. The second-order valence-electron chi connectivity index (χ2n) is 3.07. The molecule has 0 bridgehead atoms. The quantitative estimate of drug-likeness (QED) is 0.594. The highest BCUT2D eigenvalue weighted by Crippen LogP contribution is 2.29. The van der Waals surface area contributed by atoms with Crippen LogP contribution < -0.4 is 5.73 Å². The molecule has 0 aromatic heterocycles. The highest BCUT2D eigenvalue weighted by atomic mass is 32.2. The predicted octanol–water partition coefficient (Wildman–Crippen LogP) is 2.14. The molecule has 76 valence electrons. The van der Waals surface area contributed by atoms with E-state index < -0.39 is 11.2 Å². The second kappa shape index (κ2) is 4.37. The Morgan fingerprint density at radius 3 is 2.79 bits per heavy atom. The van der Waals surface area contributed by atoms with Crippen LogP contribution in [0.4, 0.5) is 5.69 Å².